The zero-order chi connectivity index (χ0) is 21.9. The Morgan fingerprint density at radius 1 is 1.03 bits per heavy atom. The smallest absolute Gasteiger partial charge is 0.236 e. The summed E-state index contributed by atoms with van der Waals surface area (Å²) >= 11 is 3.20. The lowest BCUT2D eigenvalue weighted by molar-refractivity contribution is -0.131. The van der Waals surface area contributed by atoms with Gasteiger partial charge in [-0.05, 0) is 48.1 Å². The zero-order valence-electron chi connectivity index (χ0n) is 17.8. The van der Waals surface area contributed by atoms with Gasteiger partial charge in [0.1, 0.15) is 5.82 Å². The van der Waals surface area contributed by atoms with Crippen LogP contribution in [0.4, 0.5) is 0 Å². The second-order valence-corrected chi connectivity index (χ2v) is 10.2. The van der Waals surface area contributed by atoms with Gasteiger partial charge in [-0.2, -0.15) is 0 Å². The number of carbonyl (C=O) groups is 1. The van der Waals surface area contributed by atoms with Gasteiger partial charge in [0, 0.05) is 30.1 Å². The van der Waals surface area contributed by atoms with Gasteiger partial charge in [0.15, 0.2) is 5.16 Å². The number of fused-ring (bicyclic) bond motifs is 1. The molecule has 0 saturated heterocycles. The van der Waals surface area contributed by atoms with Crippen molar-refractivity contribution in [2.24, 2.45) is 0 Å². The molecule has 7 heteroatoms. The van der Waals surface area contributed by atoms with Crippen LogP contribution in [0.2, 0.25) is 0 Å². The number of hydrogen-bond acceptors (Lipinski definition) is 5. The number of amides is 1. The van der Waals surface area contributed by atoms with Crippen molar-refractivity contribution in [2.45, 2.75) is 36.7 Å². The lowest BCUT2D eigenvalue weighted by atomic mass is 10.00. The molecule has 4 aromatic rings. The van der Waals surface area contributed by atoms with Gasteiger partial charge in [0.05, 0.1) is 5.25 Å². The highest BCUT2D eigenvalue weighted by Gasteiger charge is 2.27. The maximum absolute atomic E-state index is 13.3. The molecule has 1 aliphatic heterocycles. The van der Waals surface area contributed by atoms with Crippen molar-refractivity contribution in [2.75, 3.05) is 6.54 Å². The highest BCUT2D eigenvalue weighted by Crippen LogP contribution is 2.29. The Hall–Kier alpha value is -2.90. The van der Waals surface area contributed by atoms with E-state index in [0.29, 0.717) is 13.0 Å². The first kappa shape index (κ1) is 21.0. The number of para-hydroxylation sites is 1. The van der Waals surface area contributed by atoms with Crippen LogP contribution in [0.5, 0.6) is 0 Å². The van der Waals surface area contributed by atoms with Crippen molar-refractivity contribution >= 4 is 29.0 Å². The average molecular weight is 461 g/mol. The fourth-order valence-electron chi connectivity index (χ4n) is 4.05. The average Bonchev–Trinajstić information content (AvgIpc) is 3.49. The minimum atomic E-state index is -0.249. The number of carbonyl (C=O) groups excluding carboxylic acids is 1. The predicted molar refractivity (Wildman–Crippen MR) is 129 cm³/mol. The molecule has 0 bridgehead atoms. The third-order valence-electron chi connectivity index (χ3n) is 5.70. The molecule has 1 atom stereocenters. The monoisotopic (exact) mass is 460 g/mol. The Labute approximate surface area is 196 Å². The minimum Gasteiger partial charge on any atom is -0.337 e. The molecule has 162 valence electrons. The number of thiophene rings is 1. The van der Waals surface area contributed by atoms with Gasteiger partial charge in [-0.25, -0.2) is 0 Å². The summed E-state index contributed by atoms with van der Waals surface area (Å²) in [7, 11) is 0. The maximum atomic E-state index is 13.3. The summed E-state index contributed by atoms with van der Waals surface area (Å²) in [6.07, 6.45) is 1.62. The Kier molecular flexibility index (Phi) is 6.10. The lowest BCUT2D eigenvalue weighted by Crippen LogP contribution is -2.40. The summed E-state index contributed by atoms with van der Waals surface area (Å²) in [5.74, 6) is 1.03. The molecule has 0 aliphatic carbocycles. The maximum Gasteiger partial charge on any atom is 0.236 e. The molecule has 0 fully saturated rings. The van der Waals surface area contributed by atoms with Gasteiger partial charge in [0.25, 0.3) is 0 Å². The Morgan fingerprint density at radius 3 is 2.59 bits per heavy atom. The molecule has 0 saturated carbocycles. The topological polar surface area (TPSA) is 51.0 Å². The van der Waals surface area contributed by atoms with E-state index in [1.807, 2.05) is 36.1 Å². The van der Waals surface area contributed by atoms with E-state index in [-0.39, 0.29) is 11.2 Å². The number of thioether (sulfide) groups is 1. The highest BCUT2D eigenvalue weighted by molar-refractivity contribution is 8.00. The highest BCUT2D eigenvalue weighted by atomic mass is 32.2. The molecule has 5 rings (SSSR count). The summed E-state index contributed by atoms with van der Waals surface area (Å²) in [4.78, 5) is 16.5. The van der Waals surface area contributed by atoms with Gasteiger partial charge in [-0.1, -0.05) is 60.3 Å². The molecule has 0 spiro atoms. The molecule has 2 aromatic carbocycles. The summed E-state index contributed by atoms with van der Waals surface area (Å²) in [5, 5.41) is 11.6. The molecule has 32 heavy (non-hydrogen) atoms. The van der Waals surface area contributed by atoms with E-state index < -0.39 is 0 Å². The predicted octanol–water partition coefficient (Wildman–Crippen LogP) is 4.99. The molecular formula is C25H24N4OS2. The van der Waals surface area contributed by atoms with Crippen LogP contribution < -0.4 is 0 Å². The van der Waals surface area contributed by atoms with Crippen molar-refractivity contribution in [1.82, 2.24) is 19.7 Å². The fraction of sp³-hybridized carbons (Fsp3) is 0.240. The van der Waals surface area contributed by atoms with Gasteiger partial charge >= 0.3 is 0 Å². The van der Waals surface area contributed by atoms with Crippen LogP contribution in [0.25, 0.3) is 5.69 Å². The van der Waals surface area contributed by atoms with Crippen molar-refractivity contribution < 1.29 is 4.79 Å². The molecule has 5 nitrogen and oxygen atoms in total. The number of rotatable bonds is 6. The summed E-state index contributed by atoms with van der Waals surface area (Å²) in [5.41, 5.74) is 3.60. The number of aromatic nitrogens is 3. The molecule has 3 heterocycles. The number of nitrogens with zero attached hydrogens (tertiary/aromatic N) is 4. The van der Waals surface area contributed by atoms with Crippen molar-refractivity contribution in [3.05, 3.63) is 93.9 Å². The van der Waals surface area contributed by atoms with Crippen LogP contribution in [0.1, 0.15) is 28.8 Å². The SMILES string of the molecule is C[C@@H](Sc1nnc(Cc2cccs2)n1-c1ccccc1)C(=O)N1CCc2ccccc2C1. The first-order chi connectivity index (χ1) is 15.7. The second kappa shape index (κ2) is 9.30. The summed E-state index contributed by atoms with van der Waals surface area (Å²) < 4.78 is 2.08. The van der Waals surface area contributed by atoms with Crippen LogP contribution in [-0.4, -0.2) is 37.4 Å². The van der Waals surface area contributed by atoms with E-state index in [0.717, 1.165) is 29.6 Å². The zero-order valence-corrected chi connectivity index (χ0v) is 19.5. The van der Waals surface area contributed by atoms with Crippen LogP contribution in [-0.2, 0) is 24.2 Å². The van der Waals surface area contributed by atoms with E-state index in [1.165, 1.54) is 27.8 Å². The van der Waals surface area contributed by atoms with E-state index in [2.05, 4.69) is 62.6 Å². The number of hydrogen-bond donors (Lipinski definition) is 0. The summed E-state index contributed by atoms with van der Waals surface area (Å²) in [6.45, 7) is 3.40. The Morgan fingerprint density at radius 2 is 1.81 bits per heavy atom. The molecule has 1 amide bonds. The molecular weight excluding hydrogens is 436 g/mol. The van der Waals surface area contributed by atoms with Crippen LogP contribution in [0.15, 0.2) is 77.3 Å². The van der Waals surface area contributed by atoms with Gasteiger partial charge < -0.3 is 4.90 Å². The normalized spacial score (nSPS) is 14.2. The molecule has 0 unspecified atom stereocenters. The minimum absolute atomic E-state index is 0.145. The third-order valence-corrected chi connectivity index (χ3v) is 7.61. The molecule has 0 N–H and O–H groups in total. The first-order valence-electron chi connectivity index (χ1n) is 10.7. The van der Waals surface area contributed by atoms with Crippen molar-refractivity contribution in [3.63, 3.8) is 0 Å². The first-order valence-corrected chi connectivity index (χ1v) is 12.5. The quantitative estimate of drug-likeness (QED) is 0.381. The van der Waals surface area contributed by atoms with Crippen molar-refractivity contribution in [3.8, 4) is 5.69 Å². The molecule has 1 aliphatic rings. The van der Waals surface area contributed by atoms with Crippen molar-refractivity contribution in [1.29, 1.82) is 0 Å². The Balaban J connectivity index is 1.37. The van der Waals surface area contributed by atoms with Gasteiger partial charge in [0.2, 0.25) is 5.91 Å². The number of benzene rings is 2. The standard InChI is InChI=1S/C25H24N4OS2/c1-18(24(30)28-14-13-19-8-5-6-9-20(19)17-28)32-25-27-26-23(16-22-12-7-15-31-22)29(25)21-10-3-2-4-11-21/h2-12,15,18H,13-14,16-17H2,1H3/t18-/m1/s1. The lowest BCUT2D eigenvalue weighted by Gasteiger charge is -2.30. The van der Waals surface area contributed by atoms with Crippen LogP contribution in [0.3, 0.4) is 0 Å². The summed E-state index contributed by atoms with van der Waals surface area (Å²) in [6, 6.07) is 22.7. The van der Waals surface area contributed by atoms with E-state index in [1.54, 1.807) is 11.3 Å². The molecule has 0 radical (unpaired) electrons. The second-order valence-electron chi connectivity index (χ2n) is 7.86. The van der Waals surface area contributed by atoms with E-state index in [9.17, 15) is 4.79 Å². The van der Waals surface area contributed by atoms with E-state index >= 15 is 0 Å². The van der Waals surface area contributed by atoms with E-state index in [4.69, 9.17) is 0 Å². The molecule has 2 aromatic heterocycles. The Bertz CT molecular complexity index is 1200. The van der Waals surface area contributed by atoms with Crippen LogP contribution in [0, 0.1) is 0 Å². The van der Waals surface area contributed by atoms with Crippen LogP contribution >= 0.6 is 23.1 Å². The largest absolute Gasteiger partial charge is 0.337 e. The fourth-order valence-corrected chi connectivity index (χ4v) is 5.72. The van der Waals surface area contributed by atoms with Gasteiger partial charge in [-0.3, -0.25) is 9.36 Å². The third kappa shape index (κ3) is 4.36. The van der Waals surface area contributed by atoms with Gasteiger partial charge in [-0.15, -0.1) is 21.5 Å².